The van der Waals surface area contributed by atoms with Gasteiger partial charge in [-0.1, -0.05) is 24.0 Å². The quantitative estimate of drug-likeness (QED) is 0.359. The lowest BCUT2D eigenvalue weighted by Crippen LogP contribution is -1.96. The van der Waals surface area contributed by atoms with Crippen LogP contribution in [0, 0.1) is 23.7 Å². The minimum Gasteiger partial charge on any atom is -0.396 e. The van der Waals surface area contributed by atoms with Crippen LogP contribution in [0.5, 0.6) is 0 Å². The van der Waals surface area contributed by atoms with Crippen LogP contribution in [0.4, 0.5) is 0 Å². The highest BCUT2D eigenvalue weighted by atomic mass is 16.3. The molecule has 1 atom stereocenters. The molecular weight excluding hydrogens is 216 g/mol. The molecule has 0 saturated heterocycles. The van der Waals surface area contributed by atoms with E-state index in [9.17, 15) is 5.11 Å². The number of hydrogen-bond acceptors (Lipinski definition) is 3. The van der Waals surface area contributed by atoms with Crippen LogP contribution in [0.25, 0.3) is 0 Å². The van der Waals surface area contributed by atoms with Crippen molar-refractivity contribution in [3.8, 4) is 23.7 Å². The Balaban J connectivity index is 3.83. The summed E-state index contributed by atoms with van der Waals surface area (Å²) in [7, 11) is 0. The second kappa shape index (κ2) is 12.5. The van der Waals surface area contributed by atoms with Crippen molar-refractivity contribution in [2.45, 2.75) is 25.4 Å². The van der Waals surface area contributed by atoms with Gasteiger partial charge in [-0.25, -0.2) is 0 Å². The first-order valence-electron chi connectivity index (χ1n) is 5.53. The van der Waals surface area contributed by atoms with Gasteiger partial charge in [0, 0.05) is 6.61 Å². The number of aliphatic hydroxyl groups is 3. The Morgan fingerprint density at radius 1 is 1.06 bits per heavy atom. The lowest BCUT2D eigenvalue weighted by Gasteiger charge is -1.93. The van der Waals surface area contributed by atoms with Crippen LogP contribution < -0.4 is 0 Å². The summed E-state index contributed by atoms with van der Waals surface area (Å²) in [4.78, 5) is 0. The summed E-state index contributed by atoms with van der Waals surface area (Å²) >= 11 is 0. The van der Waals surface area contributed by atoms with E-state index < -0.39 is 6.10 Å². The molecule has 0 heterocycles. The molecule has 0 aromatic rings. The molecule has 0 aliphatic carbocycles. The summed E-state index contributed by atoms with van der Waals surface area (Å²) < 4.78 is 0. The van der Waals surface area contributed by atoms with E-state index in [1.165, 1.54) is 12.2 Å². The molecular formula is C14H18O3. The molecule has 0 aromatic heterocycles. The first-order chi connectivity index (χ1) is 8.31. The predicted octanol–water partition coefficient (Wildman–Crippen LogP) is 0.621. The SMILES string of the molecule is OCC=CC#CC#CC(O)C=CCCCCO. The molecule has 1 unspecified atom stereocenters. The lowest BCUT2D eigenvalue weighted by molar-refractivity contribution is 0.279. The summed E-state index contributed by atoms with van der Waals surface area (Å²) in [6.07, 6.45) is 8.15. The normalized spacial score (nSPS) is 11.9. The van der Waals surface area contributed by atoms with E-state index in [2.05, 4.69) is 23.7 Å². The molecule has 0 radical (unpaired) electrons. The zero-order valence-corrected chi connectivity index (χ0v) is 9.76. The van der Waals surface area contributed by atoms with Crippen molar-refractivity contribution in [3.05, 3.63) is 24.3 Å². The maximum Gasteiger partial charge on any atom is 0.134 e. The topological polar surface area (TPSA) is 60.7 Å². The van der Waals surface area contributed by atoms with Gasteiger partial charge in [0.15, 0.2) is 0 Å². The lowest BCUT2D eigenvalue weighted by atomic mass is 10.2. The van der Waals surface area contributed by atoms with Gasteiger partial charge in [0.1, 0.15) is 6.10 Å². The van der Waals surface area contributed by atoms with Gasteiger partial charge in [-0.2, -0.15) is 0 Å². The highest BCUT2D eigenvalue weighted by molar-refractivity contribution is 5.32. The Bertz CT molecular complexity index is 347. The van der Waals surface area contributed by atoms with Crippen LogP contribution in [-0.2, 0) is 0 Å². The zero-order valence-electron chi connectivity index (χ0n) is 9.76. The summed E-state index contributed by atoms with van der Waals surface area (Å²) in [6.45, 7) is 0.161. The van der Waals surface area contributed by atoms with Gasteiger partial charge in [-0.05, 0) is 43.3 Å². The van der Waals surface area contributed by atoms with Crippen LogP contribution in [0.15, 0.2) is 24.3 Å². The van der Waals surface area contributed by atoms with E-state index in [-0.39, 0.29) is 13.2 Å². The van der Waals surface area contributed by atoms with Gasteiger partial charge in [0.2, 0.25) is 0 Å². The number of hydrogen-bond donors (Lipinski definition) is 3. The molecule has 0 spiro atoms. The molecule has 0 rings (SSSR count). The van der Waals surface area contributed by atoms with Gasteiger partial charge in [0.25, 0.3) is 0 Å². The molecule has 3 N–H and O–H groups in total. The fourth-order valence-corrected chi connectivity index (χ4v) is 0.947. The van der Waals surface area contributed by atoms with Gasteiger partial charge in [0.05, 0.1) is 6.61 Å². The highest BCUT2D eigenvalue weighted by Gasteiger charge is 1.89. The number of unbranched alkanes of at least 4 members (excludes halogenated alkanes) is 2. The van der Waals surface area contributed by atoms with Crippen molar-refractivity contribution in [2.24, 2.45) is 0 Å². The number of aliphatic hydroxyl groups excluding tert-OH is 3. The molecule has 0 bridgehead atoms. The summed E-state index contributed by atoms with van der Waals surface area (Å²) in [5, 5.41) is 26.3. The molecule has 17 heavy (non-hydrogen) atoms. The number of rotatable bonds is 6. The molecule has 92 valence electrons. The Morgan fingerprint density at radius 2 is 1.88 bits per heavy atom. The van der Waals surface area contributed by atoms with E-state index in [0.717, 1.165) is 19.3 Å². The fraction of sp³-hybridized carbons (Fsp3) is 0.429. The first-order valence-corrected chi connectivity index (χ1v) is 5.53. The smallest absolute Gasteiger partial charge is 0.134 e. The maximum atomic E-state index is 9.37. The van der Waals surface area contributed by atoms with Gasteiger partial charge in [-0.3, -0.25) is 0 Å². The van der Waals surface area contributed by atoms with Gasteiger partial charge in [-0.15, -0.1) is 0 Å². The average molecular weight is 234 g/mol. The zero-order chi connectivity index (χ0) is 12.8. The van der Waals surface area contributed by atoms with Crippen LogP contribution in [-0.4, -0.2) is 34.6 Å². The maximum absolute atomic E-state index is 9.37. The average Bonchev–Trinajstić information content (AvgIpc) is 2.33. The van der Waals surface area contributed by atoms with Crippen molar-refractivity contribution < 1.29 is 15.3 Å². The Labute approximate surface area is 102 Å². The molecule has 0 aliphatic heterocycles. The monoisotopic (exact) mass is 234 g/mol. The molecule has 0 fully saturated rings. The van der Waals surface area contributed by atoms with E-state index in [0.29, 0.717) is 0 Å². The minimum absolute atomic E-state index is 0.0404. The largest absolute Gasteiger partial charge is 0.396 e. The Kier molecular flexibility index (Phi) is 11.4. The third-order valence-electron chi connectivity index (χ3n) is 1.76. The first kappa shape index (κ1) is 15.5. The molecule has 3 heteroatoms. The highest BCUT2D eigenvalue weighted by Crippen LogP contribution is 1.96. The Morgan fingerprint density at radius 3 is 2.59 bits per heavy atom. The van der Waals surface area contributed by atoms with E-state index in [1.807, 2.05) is 6.08 Å². The van der Waals surface area contributed by atoms with Crippen LogP contribution >= 0.6 is 0 Å². The molecule has 3 nitrogen and oxygen atoms in total. The second-order valence-electron chi connectivity index (χ2n) is 3.22. The third-order valence-corrected chi connectivity index (χ3v) is 1.76. The van der Waals surface area contributed by atoms with E-state index in [1.54, 1.807) is 6.08 Å². The molecule has 0 aliphatic rings. The standard InChI is InChI=1S/C14H18O3/c15-12-8-4-1-2-6-10-14(17)11-7-3-5-9-13-16/h4,7-8,11,14-17H,3,5,9,12-13H2. The predicted molar refractivity (Wildman–Crippen MR) is 67.9 cm³/mol. The van der Waals surface area contributed by atoms with Crippen molar-refractivity contribution in [3.63, 3.8) is 0 Å². The molecule has 0 amide bonds. The van der Waals surface area contributed by atoms with Crippen LogP contribution in [0.3, 0.4) is 0 Å². The van der Waals surface area contributed by atoms with Gasteiger partial charge >= 0.3 is 0 Å². The van der Waals surface area contributed by atoms with Crippen molar-refractivity contribution >= 4 is 0 Å². The third kappa shape index (κ3) is 12.4. The van der Waals surface area contributed by atoms with E-state index in [4.69, 9.17) is 10.2 Å². The minimum atomic E-state index is -0.805. The summed E-state index contributed by atoms with van der Waals surface area (Å²) in [6, 6.07) is 0. The van der Waals surface area contributed by atoms with Gasteiger partial charge < -0.3 is 15.3 Å². The van der Waals surface area contributed by atoms with Crippen molar-refractivity contribution in [1.82, 2.24) is 0 Å². The van der Waals surface area contributed by atoms with Crippen LogP contribution in [0.1, 0.15) is 19.3 Å². The Hall–Kier alpha value is -1.52. The number of allylic oxidation sites excluding steroid dienone is 2. The second-order valence-corrected chi connectivity index (χ2v) is 3.22. The fourth-order valence-electron chi connectivity index (χ4n) is 0.947. The van der Waals surface area contributed by atoms with Crippen LogP contribution in [0.2, 0.25) is 0 Å². The van der Waals surface area contributed by atoms with Crippen molar-refractivity contribution in [2.75, 3.05) is 13.2 Å². The molecule has 0 aromatic carbocycles. The van der Waals surface area contributed by atoms with E-state index >= 15 is 0 Å². The van der Waals surface area contributed by atoms with Crippen molar-refractivity contribution in [1.29, 1.82) is 0 Å². The molecule has 0 saturated carbocycles. The summed E-state index contributed by atoms with van der Waals surface area (Å²) in [5.41, 5.74) is 0. The summed E-state index contributed by atoms with van der Waals surface area (Å²) in [5.74, 6) is 10.2.